The molecule has 1 aliphatic carbocycles. The van der Waals surface area contributed by atoms with Gasteiger partial charge in [0, 0.05) is 49.9 Å². The third kappa shape index (κ3) is 7.43. The number of rotatable bonds is 10. The van der Waals surface area contributed by atoms with Crippen molar-refractivity contribution in [3.8, 4) is 0 Å². The normalized spacial score (nSPS) is 19.7. The number of nitrogens with one attached hydrogen (secondary N) is 1. The summed E-state index contributed by atoms with van der Waals surface area (Å²) in [7, 11) is -3.72. The Bertz CT molecular complexity index is 1410. The number of aromatic nitrogens is 1. The summed E-state index contributed by atoms with van der Waals surface area (Å²) in [6, 6.07) is 16.4. The van der Waals surface area contributed by atoms with Crippen LogP contribution in [0, 0.1) is 5.92 Å². The highest BCUT2D eigenvalue weighted by molar-refractivity contribution is 7.92. The molecule has 2 aliphatic rings. The lowest BCUT2D eigenvalue weighted by molar-refractivity contribution is -0.121. The lowest BCUT2D eigenvalue weighted by atomic mass is 9.88. The summed E-state index contributed by atoms with van der Waals surface area (Å²) in [5.74, 6) is -3.18. The summed E-state index contributed by atoms with van der Waals surface area (Å²) in [6.07, 6.45) is 1.59. The Balaban J connectivity index is 1.16. The molecule has 1 aliphatic heterocycles. The minimum atomic E-state index is -3.72. The Morgan fingerprint density at radius 1 is 1.07 bits per heavy atom. The molecule has 3 aromatic rings. The van der Waals surface area contributed by atoms with Gasteiger partial charge in [-0.2, -0.15) is 0 Å². The maximum Gasteiger partial charge on any atom is 0.248 e. The second-order valence-corrected chi connectivity index (χ2v) is 13.4. The summed E-state index contributed by atoms with van der Waals surface area (Å²) < 4.78 is 61.3. The molecule has 222 valence electrons. The molecule has 0 radical (unpaired) electrons. The number of halogens is 2. The average molecular weight is 589 g/mol. The number of hydrogen-bond donors (Lipinski definition) is 1. The van der Waals surface area contributed by atoms with Crippen molar-refractivity contribution in [1.82, 2.24) is 15.4 Å². The molecule has 0 unspecified atom stereocenters. The van der Waals surface area contributed by atoms with Crippen LogP contribution in [-0.4, -0.2) is 67.8 Å². The van der Waals surface area contributed by atoms with Crippen molar-refractivity contribution in [3.05, 3.63) is 60.3 Å². The number of piperidine rings is 1. The first-order valence-corrected chi connectivity index (χ1v) is 16.0. The number of amides is 1. The molecule has 2 heterocycles. The van der Waals surface area contributed by atoms with E-state index in [4.69, 9.17) is 4.52 Å². The minimum Gasteiger partial charge on any atom is -0.356 e. The number of sulfonamides is 1. The molecule has 2 fully saturated rings. The van der Waals surface area contributed by atoms with Crippen LogP contribution >= 0.6 is 0 Å². The fourth-order valence-corrected chi connectivity index (χ4v) is 7.96. The van der Waals surface area contributed by atoms with Gasteiger partial charge in [0.05, 0.1) is 17.9 Å². The van der Waals surface area contributed by atoms with Crippen LogP contribution in [0.5, 0.6) is 0 Å². The van der Waals surface area contributed by atoms with E-state index in [1.54, 1.807) is 24.3 Å². The van der Waals surface area contributed by atoms with Crippen LogP contribution in [0.25, 0.3) is 11.0 Å². The van der Waals surface area contributed by atoms with E-state index in [2.05, 4.69) is 15.4 Å². The lowest BCUT2D eigenvalue weighted by Gasteiger charge is -2.39. The SMILES string of the molecule is C[C@H](CN(c1ccccc1)S(=O)(=O)CC1CCC(F)(F)CC1)N1CCC(NC(=O)Cc2noc3ccccc23)CC1. The highest BCUT2D eigenvalue weighted by atomic mass is 32.2. The van der Waals surface area contributed by atoms with Gasteiger partial charge in [-0.15, -0.1) is 0 Å². The molecule has 0 bridgehead atoms. The molecular formula is C30H38F2N4O4S. The van der Waals surface area contributed by atoms with E-state index in [1.807, 2.05) is 37.3 Å². The maximum atomic E-state index is 13.7. The molecule has 2 aromatic carbocycles. The van der Waals surface area contributed by atoms with Crippen molar-refractivity contribution >= 4 is 32.6 Å². The van der Waals surface area contributed by atoms with Crippen LogP contribution in [0.2, 0.25) is 0 Å². The largest absolute Gasteiger partial charge is 0.356 e. The number of para-hydroxylation sites is 2. The van der Waals surface area contributed by atoms with Crippen molar-refractivity contribution in [3.63, 3.8) is 0 Å². The molecule has 0 spiro atoms. The molecule has 11 heteroatoms. The van der Waals surface area contributed by atoms with Gasteiger partial charge in [-0.05, 0) is 62.8 Å². The van der Waals surface area contributed by atoms with Gasteiger partial charge in [-0.25, -0.2) is 17.2 Å². The van der Waals surface area contributed by atoms with Gasteiger partial charge in [0.25, 0.3) is 0 Å². The monoisotopic (exact) mass is 588 g/mol. The number of alkyl halides is 2. The smallest absolute Gasteiger partial charge is 0.248 e. The van der Waals surface area contributed by atoms with Crippen molar-refractivity contribution in [2.75, 3.05) is 29.7 Å². The van der Waals surface area contributed by atoms with E-state index in [0.29, 0.717) is 17.0 Å². The molecule has 1 saturated carbocycles. The summed E-state index contributed by atoms with van der Waals surface area (Å²) in [5, 5.41) is 8.00. The molecule has 1 N–H and O–H groups in total. The molecule has 1 saturated heterocycles. The van der Waals surface area contributed by atoms with Gasteiger partial charge in [0.1, 0.15) is 5.69 Å². The number of likely N-dealkylation sites (tertiary alicyclic amines) is 1. The van der Waals surface area contributed by atoms with E-state index >= 15 is 0 Å². The Hall–Kier alpha value is -3.05. The molecular weight excluding hydrogens is 550 g/mol. The van der Waals surface area contributed by atoms with Crippen LogP contribution in [0.4, 0.5) is 14.5 Å². The summed E-state index contributed by atoms with van der Waals surface area (Å²) in [4.78, 5) is 15.0. The first kappa shape index (κ1) is 29.4. The minimum absolute atomic E-state index is 0.0301. The number of benzene rings is 2. The standard InChI is InChI=1S/C30H38F2N4O4S/c1-22(20-36(25-7-3-2-4-8-25)41(38,39)21-23-11-15-30(31,32)16-12-23)35-17-13-24(14-18-35)33-29(37)19-27-26-9-5-6-10-28(26)40-34-27/h2-10,22-24H,11-21H2,1H3,(H,33,37)/t22-/m1/s1. The summed E-state index contributed by atoms with van der Waals surface area (Å²) >= 11 is 0. The number of hydrogen-bond acceptors (Lipinski definition) is 6. The fraction of sp³-hybridized carbons (Fsp3) is 0.533. The lowest BCUT2D eigenvalue weighted by Crippen LogP contribution is -2.51. The van der Waals surface area contributed by atoms with E-state index in [0.717, 1.165) is 31.3 Å². The zero-order chi connectivity index (χ0) is 29.0. The second kappa shape index (κ2) is 12.4. The fourth-order valence-electron chi connectivity index (χ4n) is 5.96. The molecule has 1 amide bonds. The third-order valence-corrected chi connectivity index (χ3v) is 10.3. The maximum absolute atomic E-state index is 13.7. The Morgan fingerprint density at radius 2 is 1.73 bits per heavy atom. The Labute approximate surface area is 240 Å². The summed E-state index contributed by atoms with van der Waals surface area (Å²) in [6.45, 7) is 3.73. The van der Waals surface area contributed by atoms with Gasteiger partial charge in [-0.1, -0.05) is 35.5 Å². The Morgan fingerprint density at radius 3 is 2.44 bits per heavy atom. The van der Waals surface area contributed by atoms with Crippen molar-refractivity contribution < 1.29 is 26.5 Å². The van der Waals surface area contributed by atoms with E-state index in [1.165, 1.54) is 4.31 Å². The van der Waals surface area contributed by atoms with Gasteiger partial charge in [0.15, 0.2) is 5.58 Å². The first-order valence-electron chi connectivity index (χ1n) is 14.4. The third-order valence-electron chi connectivity index (χ3n) is 8.39. The van der Waals surface area contributed by atoms with Crippen LogP contribution in [0.15, 0.2) is 59.1 Å². The van der Waals surface area contributed by atoms with Crippen LogP contribution in [-0.2, 0) is 21.2 Å². The number of fused-ring (bicyclic) bond motifs is 1. The molecule has 1 aromatic heterocycles. The number of anilines is 1. The van der Waals surface area contributed by atoms with Crippen LogP contribution in [0.1, 0.15) is 51.1 Å². The number of carbonyl (C=O) groups is 1. The van der Waals surface area contributed by atoms with Crippen LogP contribution in [0.3, 0.4) is 0 Å². The Kier molecular flexibility index (Phi) is 8.94. The van der Waals surface area contributed by atoms with E-state index in [-0.39, 0.29) is 68.3 Å². The predicted molar refractivity (Wildman–Crippen MR) is 154 cm³/mol. The molecule has 1 atom stereocenters. The molecule has 8 nitrogen and oxygen atoms in total. The number of carbonyl (C=O) groups excluding carboxylic acids is 1. The van der Waals surface area contributed by atoms with Gasteiger partial charge >= 0.3 is 0 Å². The van der Waals surface area contributed by atoms with Gasteiger partial charge in [-0.3, -0.25) is 14.0 Å². The quantitative estimate of drug-likeness (QED) is 0.358. The van der Waals surface area contributed by atoms with Crippen LogP contribution < -0.4 is 9.62 Å². The average Bonchev–Trinajstić information content (AvgIpc) is 3.36. The van der Waals surface area contributed by atoms with Crippen molar-refractivity contribution in [2.45, 2.75) is 69.9 Å². The second-order valence-electron chi connectivity index (χ2n) is 11.5. The zero-order valence-corrected chi connectivity index (χ0v) is 24.2. The predicted octanol–water partition coefficient (Wildman–Crippen LogP) is 5.00. The highest BCUT2D eigenvalue weighted by Crippen LogP contribution is 2.37. The molecule has 5 rings (SSSR count). The number of nitrogens with zero attached hydrogens (tertiary/aromatic N) is 3. The van der Waals surface area contributed by atoms with Crippen molar-refractivity contribution in [1.29, 1.82) is 0 Å². The van der Waals surface area contributed by atoms with Crippen molar-refractivity contribution in [2.24, 2.45) is 5.92 Å². The van der Waals surface area contributed by atoms with E-state index < -0.39 is 15.9 Å². The van der Waals surface area contributed by atoms with Gasteiger partial charge < -0.3 is 9.84 Å². The topological polar surface area (TPSA) is 95.8 Å². The van der Waals surface area contributed by atoms with Gasteiger partial charge in [0.2, 0.25) is 21.9 Å². The summed E-state index contributed by atoms with van der Waals surface area (Å²) in [5.41, 5.74) is 1.86. The zero-order valence-electron chi connectivity index (χ0n) is 23.3. The highest BCUT2D eigenvalue weighted by Gasteiger charge is 2.38. The molecule has 41 heavy (non-hydrogen) atoms. The van der Waals surface area contributed by atoms with E-state index in [9.17, 15) is 22.0 Å². The first-order chi connectivity index (χ1) is 19.6.